The molecule has 4 rings (SSSR count). The van der Waals surface area contributed by atoms with Gasteiger partial charge in [-0.25, -0.2) is 0 Å². The standard InChI is InChI=1S/C23H26N2O/c26-22(21-11-5-2-6-12-21)25-16-8-7-13-23(25)14-17-24(18-15-23)19-20-9-3-1-4-10-20/h1-12H,13-19H2. The van der Waals surface area contributed by atoms with Crippen LogP contribution in [0.2, 0.25) is 0 Å². The van der Waals surface area contributed by atoms with Crippen LogP contribution in [0.4, 0.5) is 0 Å². The quantitative estimate of drug-likeness (QED) is 0.781. The Balaban J connectivity index is 1.47. The van der Waals surface area contributed by atoms with E-state index in [0.717, 1.165) is 51.0 Å². The number of carbonyl (C=O) groups is 1. The molecule has 3 heteroatoms. The fraction of sp³-hybridized carbons (Fsp3) is 0.348. The van der Waals surface area contributed by atoms with Gasteiger partial charge in [0.05, 0.1) is 0 Å². The number of hydrogen-bond acceptors (Lipinski definition) is 2. The molecule has 0 saturated carbocycles. The Kier molecular flexibility index (Phi) is 4.89. The summed E-state index contributed by atoms with van der Waals surface area (Å²) in [5.41, 5.74) is 2.15. The summed E-state index contributed by atoms with van der Waals surface area (Å²) in [5, 5.41) is 0. The molecule has 0 aliphatic carbocycles. The second-order valence-electron chi connectivity index (χ2n) is 7.44. The molecule has 0 radical (unpaired) electrons. The first-order valence-electron chi connectivity index (χ1n) is 9.55. The molecule has 2 aromatic carbocycles. The van der Waals surface area contributed by atoms with Gasteiger partial charge in [-0.3, -0.25) is 9.69 Å². The summed E-state index contributed by atoms with van der Waals surface area (Å²) < 4.78 is 0. The second kappa shape index (κ2) is 7.46. The average molecular weight is 346 g/mol. The topological polar surface area (TPSA) is 23.6 Å². The van der Waals surface area contributed by atoms with Gasteiger partial charge in [0.1, 0.15) is 0 Å². The molecule has 0 N–H and O–H groups in total. The van der Waals surface area contributed by atoms with E-state index < -0.39 is 0 Å². The predicted octanol–water partition coefficient (Wildman–Crippen LogP) is 4.12. The minimum atomic E-state index is -0.0190. The molecule has 1 spiro atoms. The van der Waals surface area contributed by atoms with Crippen molar-refractivity contribution in [2.24, 2.45) is 0 Å². The van der Waals surface area contributed by atoms with E-state index in [2.05, 4.69) is 52.3 Å². The zero-order valence-electron chi connectivity index (χ0n) is 15.2. The van der Waals surface area contributed by atoms with E-state index in [1.807, 2.05) is 30.3 Å². The fourth-order valence-corrected chi connectivity index (χ4v) is 4.26. The lowest BCUT2D eigenvalue weighted by Crippen LogP contribution is -2.58. The van der Waals surface area contributed by atoms with Crippen LogP contribution in [-0.2, 0) is 6.54 Å². The molecule has 1 saturated heterocycles. The van der Waals surface area contributed by atoms with Gasteiger partial charge in [0, 0.05) is 37.3 Å². The molecular weight excluding hydrogens is 320 g/mol. The summed E-state index contributed by atoms with van der Waals surface area (Å²) in [6.45, 7) is 3.81. The van der Waals surface area contributed by atoms with E-state index >= 15 is 0 Å². The smallest absolute Gasteiger partial charge is 0.254 e. The molecule has 0 unspecified atom stereocenters. The van der Waals surface area contributed by atoms with Gasteiger partial charge in [0.15, 0.2) is 0 Å². The normalized spacial score (nSPS) is 19.6. The summed E-state index contributed by atoms with van der Waals surface area (Å²) in [5.74, 6) is 0.173. The van der Waals surface area contributed by atoms with E-state index in [0.29, 0.717) is 0 Å². The summed E-state index contributed by atoms with van der Waals surface area (Å²) in [4.78, 5) is 17.8. The van der Waals surface area contributed by atoms with Crippen molar-refractivity contribution < 1.29 is 4.79 Å². The van der Waals surface area contributed by atoms with Gasteiger partial charge in [-0.2, -0.15) is 0 Å². The van der Waals surface area contributed by atoms with Gasteiger partial charge in [-0.1, -0.05) is 60.7 Å². The summed E-state index contributed by atoms with van der Waals surface area (Å²) >= 11 is 0. The van der Waals surface area contributed by atoms with Gasteiger partial charge in [-0.05, 0) is 37.0 Å². The van der Waals surface area contributed by atoms with Crippen molar-refractivity contribution >= 4 is 5.91 Å². The van der Waals surface area contributed by atoms with E-state index in [-0.39, 0.29) is 11.4 Å². The first-order chi connectivity index (χ1) is 12.8. The number of amides is 1. The lowest BCUT2D eigenvalue weighted by Gasteiger charge is -2.50. The lowest BCUT2D eigenvalue weighted by atomic mass is 9.80. The second-order valence-corrected chi connectivity index (χ2v) is 7.44. The highest BCUT2D eigenvalue weighted by Gasteiger charge is 2.42. The van der Waals surface area contributed by atoms with E-state index in [4.69, 9.17) is 0 Å². The SMILES string of the molecule is O=C(c1ccccc1)N1CC=CCC12CCN(Cc1ccccc1)CC2. The molecule has 0 aromatic heterocycles. The third kappa shape index (κ3) is 3.45. The highest BCUT2D eigenvalue weighted by molar-refractivity contribution is 5.95. The number of piperidine rings is 1. The van der Waals surface area contributed by atoms with Crippen LogP contribution in [0.15, 0.2) is 72.8 Å². The van der Waals surface area contributed by atoms with Crippen molar-refractivity contribution in [2.75, 3.05) is 19.6 Å². The van der Waals surface area contributed by atoms with Crippen LogP contribution in [-0.4, -0.2) is 40.9 Å². The van der Waals surface area contributed by atoms with Crippen LogP contribution in [0.25, 0.3) is 0 Å². The first-order valence-corrected chi connectivity index (χ1v) is 9.55. The Bertz CT molecular complexity index is 761. The zero-order valence-corrected chi connectivity index (χ0v) is 15.2. The van der Waals surface area contributed by atoms with Crippen LogP contribution in [0.5, 0.6) is 0 Å². The van der Waals surface area contributed by atoms with Crippen molar-refractivity contribution in [3.05, 3.63) is 83.9 Å². The summed E-state index contributed by atoms with van der Waals surface area (Å²) in [6.07, 6.45) is 7.47. The Morgan fingerprint density at radius 1 is 0.885 bits per heavy atom. The Morgan fingerprint density at radius 2 is 1.54 bits per heavy atom. The maximum atomic E-state index is 13.1. The predicted molar refractivity (Wildman–Crippen MR) is 105 cm³/mol. The molecule has 3 nitrogen and oxygen atoms in total. The maximum absolute atomic E-state index is 13.1. The Morgan fingerprint density at radius 3 is 2.23 bits per heavy atom. The minimum absolute atomic E-state index is 0.0190. The molecule has 134 valence electrons. The molecule has 1 fully saturated rings. The monoisotopic (exact) mass is 346 g/mol. The third-order valence-electron chi connectivity index (χ3n) is 5.83. The molecule has 2 aliphatic rings. The highest BCUT2D eigenvalue weighted by atomic mass is 16.2. The van der Waals surface area contributed by atoms with Crippen molar-refractivity contribution in [1.29, 1.82) is 0 Å². The molecular formula is C23H26N2O. The summed E-state index contributed by atoms with van der Waals surface area (Å²) in [6, 6.07) is 20.4. The number of likely N-dealkylation sites (tertiary alicyclic amines) is 1. The fourth-order valence-electron chi connectivity index (χ4n) is 4.26. The molecule has 1 amide bonds. The van der Waals surface area contributed by atoms with Gasteiger partial charge in [0.2, 0.25) is 0 Å². The van der Waals surface area contributed by atoms with Crippen LogP contribution in [0.3, 0.4) is 0 Å². The molecule has 26 heavy (non-hydrogen) atoms. The lowest BCUT2D eigenvalue weighted by molar-refractivity contribution is 0.0197. The maximum Gasteiger partial charge on any atom is 0.254 e. The average Bonchev–Trinajstić information content (AvgIpc) is 2.71. The molecule has 0 atom stereocenters. The minimum Gasteiger partial charge on any atom is -0.329 e. The Labute approximate surface area is 155 Å². The zero-order chi connectivity index (χ0) is 17.8. The first kappa shape index (κ1) is 17.0. The number of benzene rings is 2. The third-order valence-corrected chi connectivity index (χ3v) is 5.83. The van der Waals surface area contributed by atoms with Crippen LogP contribution < -0.4 is 0 Å². The van der Waals surface area contributed by atoms with Gasteiger partial charge in [-0.15, -0.1) is 0 Å². The van der Waals surface area contributed by atoms with Gasteiger partial charge < -0.3 is 4.90 Å². The molecule has 2 aliphatic heterocycles. The van der Waals surface area contributed by atoms with Crippen LogP contribution in [0.1, 0.15) is 35.2 Å². The highest BCUT2D eigenvalue weighted by Crippen LogP contribution is 2.36. The van der Waals surface area contributed by atoms with Gasteiger partial charge >= 0.3 is 0 Å². The van der Waals surface area contributed by atoms with Crippen molar-refractivity contribution in [3.63, 3.8) is 0 Å². The number of carbonyl (C=O) groups excluding carboxylic acids is 1. The van der Waals surface area contributed by atoms with Crippen LogP contribution >= 0.6 is 0 Å². The van der Waals surface area contributed by atoms with Crippen molar-refractivity contribution in [1.82, 2.24) is 9.80 Å². The van der Waals surface area contributed by atoms with Crippen LogP contribution in [0, 0.1) is 0 Å². The Hall–Kier alpha value is -2.39. The van der Waals surface area contributed by atoms with E-state index in [1.54, 1.807) is 0 Å². The number of hydrogen-bond donors (Lipinski definition) is 0. The summed E-state index contributed by atoms with van der Waals surface area (Å²) in [7, 11) is 0. The largest absolute Gasteiger partial charge is 0.329 e. The molecule has 2 aromatic rings. The van der Waals surface area contributed by atoms with Crippen molar-refractivity contribution in [3.8, 4) is 0 Å². The number of rotatable bonds is 3. The van der Waals surface area contributed by atoms with Crippen molar-refractivity contribution in [2.45, 2.75) is 31.3 Å². The van der Waals surface area contributed by atoms with E-state index in [9.17, 15) is 4.79 Å². The van der Waals surface area contributed by atoms with E-state index in [1.165, 1.54) is 5.56 Å². The molecule has 0 bridgehead atoms. The number of nitrogens with zero attached hydrogens (tertiary/aromatic N) is 2. The molecule has 2 heterocycles. The van der Waals surface area contributed by atoms with Gasteiger partial charge in [0.25, 0.3) is 5.91 Å².